The molecule has 2 aromatic rings. The molecule has 1 radical (unpaired) electrons. The molecule has 12 heavy (non-hydrogen) atoms. The molecule has 2 heterocycles. The van der Waals surface area contributed by atoms with Crippen molar-refractivity contribution in [3.05, 3.63) is 41.5 Å². The topological polar surface area (TPSA) is 41.6 Å². The highest BCUT2D eigenvalue weighted by Gasteiger charge is 2.10. The van der Waals surface area contributed by atoms with Gasteiger partial charge in [0.2, 0.25) is 0 Å². The van der Waals surface area contributed by atoms with Crippen LogP contribution in [0.15, 0.2) is 23.3 Å². The average molecular weight is 178 g/mol. The Balaban J connectivity index is 2.27. The Morgan fingerprint density at radius 2 is 2.50 bits per heavy atom. The van der Waals surface area contributed by atoms with E-state index in [9.17, 15) is 0 Å². The predicted molar refractivity (Wildman–Crippen MR) is 47.9 cm³/mol. The summed E-state index contributed by atoms with van der Waals surface area (Å²) in [5.41, 5.74) is 3.88. The molecular weight excluding hydrogens is 170 g/mol. The molecule has 0 fully saturated rings. The van der Waals surface area contributed by atoms with Crippen LogP contribution in [-0.2, 0) is 0 Å². The first-order chi connectivity index (χ1) is 5.88. The van der Waals surface area contributed by atoms with Gasteiger partial charge in [0.25, 0.3) is 0 Å². The van der Waals surface area contributed by atoms with Crippen LogP contribution in [0.5, 0.6) is 0 Å². The molecule has 2 rings (SSSR count). The monoisotopic (exact) mass is 178 g/mol. The predicted octanol–water partition coefficient (Wildman–Crippen LogP) is 1.83. The van der Waals surface area contributed by atoms with E-state index in [2.05, 4.69) is 22.1 Å². The summed E-state index contributed by atoms with van der Waals surface area (Å²) in [4.78, 5) is 4.19. The van der Waals surface area contributed by atoms with E-state index in [1.54, 1.807) is 17.5 Å². The number of rotatable bonds is 2. The Morgan fingerprint density at radius 1 is 1.58 bits per heavy atom. The van der Waals surface area contributed by atoms with Crippen LogP contribution in [0.2, 0.25) is 0 Å². The minimum atomic E-state index is 0.0926. The molecule has 0 aromatic carbocycles. The number of H-pyrrole nitrogens is 1. The van der Waals surface area contributed by atoms with Gasteiger partial charge >= 0.3 is 0 Å². The van der Waals surface area contributed by atoms with Crippen molar-refractivity contribution in [2.24, 2.45) is 0 Å². The zero-order valence-corrected chi connectivity index (χ0v) is 7.21. The van der Waals surface area contributed by atoms with Gasteiger partial charge < -0.3 is 0 Å². The van der Waals surface area contributed by atoms with Crippen LogP contribution in [0.4, 0.5) is 0 Å². The number of nitrogens with one attached hydrogen (secondary N) is 1. The third-order valence-corrected chi connectivity index (χ3v) is 2.33. The van der Waals surface area contributed by atoms with E-state index in [0.717, 1.165) is 11.3 Å². The van der Waals surface area contributed by atoms with Gasteiger partial charge in [0.05, 0.1) is 17.4 Å². The summed E-state index contributed by atoms with van der Waals surface area (Å²) in [7, 11) is 0. The van der Waals surface area contributed by atoms with Gasteiger partial charge in [0.15, 0.2) is 0 Å². The molecule has 1 N–H and O–H groups in total. The largest absolute Gasteiger partial charge is 0.285 e. The molecule has 0 bridgehead atoms. The first kappa shape index (κ1) is 7.49. The molecule has 3 nitrogen and oxygen atoms in total. The van der Waals surface area contributed by atoms with Crippen molar-refractivity contribution >= 4 is 11.3 Å². The highest BCUT2D eigenvalue weighted by atomic mass is 32.1. The van der Waals surface area contributed by atoms with E-state index in [1.165, 1.54) is 0 Å². The lowest BCUT2D eigenvalue weighted by molar-refractivity contribution is 0.972. The molecule has 1 unspecified atom stereocenters. The molecule has 1 atom stereocenters. The van der Waals surface area contributed by atoms with Crippen molar-refractivity contribution < 1.29 is 0 Å². The Kier molecular flexibility index (Phi) is 1.91. The molecule has 0 aliphatic carbocycles. The SMILES string of the molecule is [CH2]C(c1cn[nH]c1)c1cscn1. The van der Waals surface area contributed by atoms with Crippen LogP contribution in [0, 0.1) is 6.92 Å². The zero-order chi connectivity index (χ0) is 8.39. The van der Waals surface area contributed by atoms with Gasteiger partial charge in [-0.2, -0.15) is 5.10 Å². The van der Waals surface area contributed by atoms with Gasteiger partial charge in [-0.15, -0.1) is 11.3 Å². The van der Waals surface area contributed by atoms with Crippen LogP contribution in [0.3, 0.4) is 0 Å². The summed E-state index contributed by atoms with van der Waals surface area (Å²) in [6, 6.07) is 0. The first-order valence-electron chi connectivity index (χ1n) is 3.58. The third-order valence-electron chi connectivity index (χ3n) is 1.73. The number of nitrogens with zero attached hydrogens (tertiary/aromatic N) is 2. The van der Waals surface area contributed by atoms with Crippen molar-refractivity contribution in [2.45, 2.75) is 5.92 Å². The molecule has 4 heteroatoms. The summed E-state index contributed by atoms with van der Waals surface area (Å²) in [6.07, 6.45) is 3.62. The van der Waals surface area contributed by atoms with Crippen molar-refractivity contribution in [3.8, 4) is 0 Å². The molecule has 0 saturated heterocycles. The molecule has 2 aromatic heterocycles. The third kappa shape index (κ3) is 1.25. The van der Waals surface area contributed by atoms with Crippen LogP contribution in [0.1, 0.15) is 17.2 Å². The summed E-state index contributed by atoms with van der Waals surface area (Å²) >= 11 is 1.58. The maximum Gasteiger partial charge on any atom is 0.0794 e. The standard InChI is InChI=1S/C8H8N3S/c1-6(7-2-10-11-3-7)8-4-12-5-9-8/h2-6H,1H2,(H,10,11). The van der Waals surface area contributed by atoms with Gasteiger partial charge in [0, 0.05) is 17.5 Å². The second kappa shape index (κ2) is 3.06. The van der Waals surface area contributed by atoms with Crippen LogP contribution in [0.25, 0.3) is 0 Å². The van der Waals surface area contributed by atoms with Gasteiger partial charge in [-0.05, 0) is 12.5 Å². The van der Waals surface area contributed by atoms with Gasteiger partial charge in [-0.1, -0.05) is 0 Å². The highest BCUT2D eigenvalue weighted by Crippen LogP contribution is 2.21. The second-order valence-electron chi connectivity index (χ2n) is 2.50. The lowest BCUT2D eigenvalue weighted by Crippen LogP contribution is -1.93. The van der Waals surface area contributed by atoms with Crippen LogP contribution < -0.4 is 0 Å². The number of hydrogen-bond donors (Lipinski definition) is 1. The lowest BCUT2D eigenvalue weighted by Gasteiger charge is -2.03. The average Bonchev–Trinajstić information content (AvgIpc) is 2.77. The Morgan fingerprint density at radius 3 is 3.08 bits per heavy atom. The van der Waals surface area contributed by atoms with E-state index in [1.807, 2.05) is 17.1 Å². The minimum absolute atomic E-state index is 0.0926. The van der Waals surface area contributed by atoms with E-state index in [-0.39, 0.29) is 5.92 Å². The van der Waals surface area contributed by atoms with Crippen molar-refractivity contribution in [1.29, 1.82) is 0 Å². The summed E-state index contributed by atoms with van der Waals surface area (Å²) in [5, 5.41) is 8.63. The quantitative estimate of drug-likeness (QED) is 0.762. The van der Waals surface area contributed by atoms with E-state index in [4.69, 9.17) is 0 Å². The lowest BCUT2D eigenvalue weighted by atomic mass is 10.0. The number of aromatic nitrogens is 3. The van der Waals surface area contributed by atoms with Gasteiger partial charge in [-0.3, -0.25) is 5.10 Å². The van der Waals surface area contributed by atoms with Crippen LogP contribution >= 0.6 is 11.3 Å². The van der Waals surface area contributed by atoms with Crippen molar-refractivity contribution in [2.75, 3.05) is 0 Å². The maximum atomic E-state index is 4.19. The van der Waals surface area contributed by atoms with E-state index >= 15 is 0 Å². The second-order valence-corrected chi connectivity index (χ2v) is 3.22. The molecule has 0 aliphatic rings. The Hall–Kier alpha value is -1.16. The zero-order valence-electron chi connectivity index (χ0n) is 6.40. The summed E-state index contributed by atoms with van der Waals surface area (Å²) < 4.78 is 0. The molecule has 0 spiro atoms. The summed E-state index contributed by atoms with van der Waals surface area (Å²) in [5.74, 6) is 0.0926. The smallest absolute Gasteiger partial charge is 0.0794 e. The fourth-order valence-corrected chi connectivity index (χ4v) is 1.62. The molecule has 61 valence electrons. The Labute approximate surface area is 74.5 Å². The number of aromatic amines is 1. The highest BCUT2D eigenvalue weighted by molar-refractivity contribution is 7.07. The van der Waals surface area contributed by atoms with Gasteiger partial charge in [0.1, 0.15) is 0 Å². The molecular formula is C8H8N3S. The molecule has 0 aliphatic heterocycles. The van der Waals surface area contributed by atoms with Crippen molar-refractivity contribution in [3.63, 3.8) is 0 Å². The Bertz CT molecular complexity index is 291. The van der Waals surface area contributed by atoms with Gasteiger partial charge in [-0.25, -0.2) is 4.98 Å². The maximum absolute atomic E-state index is 4.19. The molecule has 0 saturated carbocycles. The van der Waals surface area contributed by atoms with E-state index in [0.29, 0.717) is 0 Å². The van der Waals surface area contributed by atoms with Crippen molar-refractivity contribution in [1.82, 2.24) is 15.2 Å². The summed E-state index contributed by atoms with van der Waals surface area (Å²) in [6.45, 7) is 4.01. The fourth-order valence-electron chi connectivity index (χ4n) is 1.02. The van der Waals surface area contributed by atoms with E-state index < -0.39 is 0 Å². The number of thiazole rings is 1. The van der Waals surface area contributed by atoms with Crippen LogP contribution in [-0.4, -0.2) is 15.2 Å². The number of hydrogen-bond acceptors (Lipinski definition) is 3. The minimum Gasteiger partial charge on any atom is -0.285 e. The molecule has 0 amide bonds. The first-order valence-corrected chi connectivity index (χ1v) is 4.52. The normalized spacial score (nSPS) is 13.1. The fraction of sp³-hybridized carbons (Fsp3) is 0.125.